The third-order valence-corrected chi connectivity index (χ3v) is 2.63. The van der Waals surface area contributed by atoms with Crippen molar-refractivity contribution in [3.05, 3.63) is 64.3 Å². The van der Waals surface area contributed by atoms with Crippen LogP contribution in [0.5, 0.6) is 5.75 Å². The van der Waals surface area contributed by atoms with Crippen molar-refractivity contribution in [2.45, 2.75) is 13.5 Å². The Labute approximate surface area is 104 Å². The molecule has 2 aromatic rings. The van der Waals surface area contributed by atoms with Crippen LogP contribution in [0.2, 0.25) is 0 Å². The molecule has 4 heteroatoms. The summed E-state index contributed by atoms with van der Waals surface area (Å²) in [5, 5.41) is 0. The summed E-state index contributed by atoms with van der Waals surface area (Å²) in [5.74, 6) is 0.361. The number of pyridine rings is 1. The Bertz CT molecular complexity index is 592. The molecule has 0 bridgehead atoms. The van der Waals surface area contributed by atoms with Crippen LogP contribution in [0.15, 0.2) is 47.4 Å². The molecule has 1 aromatic heterocycles. The lowest BCUT2D eigenvalue weighted by Gasteiger charge is -2.08. The first-order chi connectivity index (χ1) is 8.66. The third kappa shape index (κ3) is 2.97. The van der Waals surface area contributed by atoms with Crippen molar-refractivity contribution in [1.82, 2.24) is 4.57 Å². The maximum Gasteiger partial charge on any atom is 0.250 e. The Balaban J connectivity index is 1.95. The van der Waals surface area contributed by atoms with Crippen molar-refractivity contribution in [1.29, 1.82) is 0 Å². The maximum absolute atomic E-state index is 13.0. The Morgan fingerprint density at radius 2 is 2.11 bits per heavy atom. The smallest absolute Gasteiger partial charge is 0.250 e. The molecule has 0 atom stereocenters. The van der Waals surface area contributed by atoms with Crippen LogP contribution in [-0.4, -0.2) is 11.2 Å². The van der Waals surface area contributed by atoms with E-state index in [4.69, 9.17) is 4.74 Å². The number of nitrogens with zero attached hydrogens (tertiary/aromatic N) is 1. The van der Waals surface area contributed by atoms with E-state index in [2.05, 4.69) is 0 Å². The van der Waals surface area contributed by atoms with Gasteiger partial charge >= 0.3 is 0 Å². The number of ether oxygens (including phenoxy) is 1. The van der Waals surface area contributed by atoms with Gasteiger partial charge < -0.3 is 9.30 Å². The van der Waals surface area contributed by atoms with Crippen molar-refractivity contribution in [3.63, 3.8) is 0 Å². The molecule has 0 spiro atoms. The van der Waals surface area contributed by atoms with Crippen molar-refractivity contribution in [3.8, 4) is 5.75 Å². The van der Waals surface area contributed by atoms with Gasteiger partial charge in [0.05, 0.1) is 6.54 Å². The summed E-state index contributed by atoms with van der Waals surface area (Å²) in [5.41, 5.74) is 0.487. The molecule has 18 heavy (non-hydrogen) atoms. The number of aryl methyl sites for hydroxylation is 1. The molecule has 0 saturated carbocycles. The van der Waals surface area contributed by atoms with Crippen LogP contribution in [0.4, 0.5) is 4.39 Å². The predicted molar refractivity (Wildman–Crippen MR) is 67.3 cm³/mol. The van der Waals surface area contributed by atoms with E-state index in [0.29, 0.717) is 24.5 Å². The Hall–Kier alpha value is -2.10. The average Bonchev–Trinajstić information content (AvgIpc) is 2.36. The van der Waals surface area contributed by atoms with E-state index in [1.54, 1.807) is 42.0 Å². The minimum absolute atomic E-state index is 0.0589. The van der Waals surface area contributed by atoms with E-state index in [9.17, 15) is 9.18 Å². The SMILES string of the molecule is Cc1cc(OCCn2ccccc2=O)ccc1F. The molecule has 0 amide bonds. The molecule has 2 rings (SSSR count). The summed E-state index contributed by atoms with van der Waals surface area (Å²) in [6, 6.07) is 9.59. The summed E-state index contributed by atoms with van der Waals surface area (Å²) in [6.45, 7) is 2.52. The van der Waals surface area contributed by atoms with Gasteiger partial charge in [-0.15, -0.1) is 0 Å². The van der Waals surface area contributed by atoms with Crippen molar-refractivity contribution in [2.75, 3.05) is 6.61 Å². The lowest BCUT2D eigenvalue weighted by atomic mass is 10.2. The molecule has 1 aromatic carbocycles. The van der Waals surface area contributed by atoms with Crippen molar-refractivity contribution < 1.29 is 9.13 Å². The van der Waals surface area contributed by atoms with Gasteiger partial charge in [0.15, 0.2) is 0 Å². The number of aromatic nitrogens is 1. The first-order valence-corrected chi connectivity index (χ1v) is 5.71. The second-order valence-corrected chi connectivity index (χ2v) is 3.99. The standard InChI is InChI=1S/C14H14FNO2/c1-11-10-12(5-6-13(11)15)18-9-8-16-7-3-2-4-14(16)17/h2-7,10H,8-9H2,1H3. The van der Waals surface area contributed by atoms with Crippen molar-refractivity contribution in [2.24, 2.45) is 0 Å². The number of hydrogen-bond acceptors (Lipinski definition) is 2. The molecule has 0 N–H and O–H groups in total. The van der Waals surface area contributed by atoms with E-state index in [0.717, 1.165) is 0 Å². The molecule has 0 unspecified atom stereocenters. The van der Waals surface area contributed by atoms with Crippen LogP contribution in [0.25, 0.3) is 0 Å². The molecule has 3 nitrogen and oxygen atoms in total. The summed E-state index contributed by atoms with van der Waals surface area (Å²) in [4.78, 5) is 11.4. The van der Waals surface area contributed by atoms with Gasteiger partial charge in [0, 0.05) is 12.3 Å². The predicted octanol–water partition coefficient (Wildman–Crippen LogP) is 2.37. The zero-order valence-electron chi connectivity index (χ0n) is 10.1. The summed E-state index contributed by atoms with van der Waals surface area (Å²) in [6.07, 6.45) is 1.71. The molecule has 94 valence electrons. The Morgan fingerprint density at radius 3 is 2.83 bits per heavy atom. The molecule has 0 radical (unpaired) electrons. The molecule has 0 saturated heterocycles. The van der Waals surface area contributed by atoms with Gasteiger partial charge in [0.2, 0.25) is 0 Å². The highest BCUT2D eigenvalue weighted by Crippen LogP contribution is 2.15. The molecule has 0 fully saturated rings. The first kappa shape index (κ1) is 12.4. The molecule has 1 heterocycles. The van der Waals surface area contributed by atoms with E-state index >= 15 is 0 Å². The van der Waals surface area contributed by atoms with Gasteiger partial charge in [0.1, 0.15) is 18.2 Å². The second kappa shape index (κ2) is 5.49. The highest BCUT2D eigenvalue weighted by atomic mass is 19.1. The normalized spacial score (nSPS) is 10.3. The fourth-order valence-electron chi connectivity index (χ4n) is 1.61. The number of hydrogen-bond donors (Lipinski definition) is 0. The second-order valence-electron chi connectivity index (χ2n) is 3.99. The highest BCUT2D eigenvalue weighted by molar-refractivity contribution is 5.28. The van der Waals surface area contributed by atoms with Gasteiger partial charge in [-0.05, 0) is 36.8 Å². The Morgan fingerprint density at radius 1 is 1.28 bits per heavy atom. The molecule has 0 aliphatic heterocycles. The molecule has 0 aliphatic carbocycles. The van der Waals surface area contributed by atoms with Crippen LogP contribution in [-0.2, 0) is 6.54 Å². The van der Waals surface area contributed by atoms with Gasteiger partial charge in [-0.1, -0.05) is 6.07 Å². The van der Waals surface area contributed by atoms with Crippen LogP contribution < -0.4 is 10.3 Å². The molecular weight excluding hydrogens is 233 g/mol. The quantitative estimate of drug-likeness (QED) is 0.830. The monoisotopic (exact) mass is 247 g/mol. The zero-order valence-corrected chi connectivity index (χ0v) is 10.1. The lowest BCUT2D eigenvalue weighted by Crippen LogP contribution is -2.21. The van der Waals surface area contributed by atoms with E-state index < -0.39 is 0 Å². The summed E-state index contributed by atoms with van der Waals surface area (Å²) < 4.78 is 20.1. The zero-order chi connectivity index (χ0) is 13.0. The molecule has 0 aliphatic rings. The maximum atomic E-state index is 13.0. The number of halogens is 1. The van der Waals surface area contributed by atoms with Gasteiger partial charge in [-0.2, -0.15) is 0 Å². The van der Waals surface area contributed by atoms with Crippen LogP contribution in [0.1, 0.15) is 5.56 Å². The third-order valence-electron chi connectivity index (χ3n) is 2.63. The minimum Gasteiger partial charge on any atom is -0.492 e. The average molecular weight is 247 g/mol. The summed E-state index contributed by atoms with van der Waals surface area (Å²) in [7, 11) is 0. The van der Waals surface area contributed by atoms with E-state index in [1.807, 2.05) is 0 Å². The van der Waals surface area contributed by atoms with E-state index in [1.165, 1.54) is 12.1 Å². The molecular formula is C14H14FNO2. The van der Waals surface area contributed by atoms with E-state index in [-0.39, 0.29) is 11.4 Å². The summed E-state index contributed by atoms with van der Waals surface area (Å²) >= 11 is 0. The van der Waals surface area contributed by atoms with Crippen LogP contribution >= 0.6 is 0 Å². The highest BCUT2D eigenvalue weighted by Gasteiger charge is 2.00. The first-order valence-electron chi connectivity index (χ1n) is 5.71. The fraction of sp³-hybridized carbons (Fsp3) is 0.214. The van der Waals surface area contributed by atoms with Gasteiger partial charge in [-0.25, -0.2) is 4.39 Å². The lowest BCUT2D eigenvalue weighted by molar-refractivity contribution is 0.295. The topological polar surface area (TPSA) is 31.2 Å². The van der Waals surface area contributed by atoms with Gasteiger partial charge in [0.25, 0.3) is 5.56 Å². The Kier molecular flexibility index (Phi) is 3.77. The van der Waals surface area contributed by atoms with Crippen molar-refractivity contribution >= 4 is 0 Å². The van der Waals surface area contributed by atoms with Crippen LogP contribution in [0.3, 0.4) is 0 Å². The number of benzene rings is 1. The van der Waals surface area contributed by atoms with Crippen LogP contribution in [0, 0.1) is 12.7 Å². The van der Waals surface area contributed by atoms with Gasteiger partial charge in [-0.3, -0.25) is 4.79 Å². The number of rotatable bonds is 4. The fourth-order valence-corrected chi connectivity index (χ4v) is 1.61. The minimum atomic E-state index is -0.248. The largest absolute Gasteiger partial charge is 0.492 e.